The van der Waals surface area contributed by atoms with Crippen molar-refractivity contribution in [1.29, 1.82) is 0 Å². The molecule has 2 aliphatic heterocycles. The number of hydrogen-bond donors (Lipinski definition) is 0. The summed E-state index contributed by atoms with van der Waals surface area (Å²) in [7, 11) is 0. The number of anilines is 1. The molecule has 2 aliphatic rings. The van der Waals surface area contributed by atoms with Crippen molar-refractivity contribution in [3.63, 3.8) is 0 Å². The van der Waals surface area contributed by atoms with Gasteiger partial charge in [0.05, 0.1) is 43.0 Å². The number of ether oxygens (including phenoxy) is 2. The van der Waals surface area contributed by atoms with Crippen LogP contribution in [0.15, 0.2) is 30.6 Å². The van der Waals surface area contributed by atoms with E-state index in [1.165, 1.54) is 12.4 Å². The summed E-state index contributed by atoms with van der Waals surface area (Å²) < 4.78 is 25.3. The second-order valence-electron chi connectivity index (χ2n) is 7.13. The Bertz CT molecular complexity index is 757. The van der Waals surface area contributed by atoms with E-state index in [9.17, 15) is 4.39 Å². The predicted molar refractivity (Wildman–Crippen MR) is 94.3 cm³/mol. The number of rotatable bonds is 4. The molecule has 0 radical (unpaired) electrons. The number of halogens is 1. The van der Waals surface area contributed by atoms with E-state index in [4.69, 9.17) is 9.47 Å². The summed E-state index contributed by atoms with van der Waals surface area (Å²) in [6.07, 6.45) is 5.31. The Balaban J connectivity index is 1.36. The first-order valence-electron chi connectivity index (χ1n) is 9.03. The largest absolute Gasteiger partial charge is 0.370 e. The van der Waals surface area contributed by atoms with Gasteiger partial charge in [-0.3, -0.25) is 4.98 Å². The maximum absolute atomic E-state index is 13.1. The highest BCUT2D eigenvalue weighted by molar-refractivity contribution is 5.31. The van der Waals surface area contributed by atoms with Crippen LogP contribution in [0.5, 0.6) is 0 Å². The molecule has 2 aromatic heterocycles. The fourth-order valence-corrected chi connectivity index (χ4v) is 3.81. The van der Waals surface area contributed by atoms with E-state index < -0.39 is 5.82 Å². The molecule has 0 saturated carbocycles. The van der Waals surface area contributed by atoms with E-state index >= 15 is 0 Å². The van der Waals surface area contributed by atoms with Crippen LogP contribution in [0.4, 0.5) is 10.3 Å². The lowest BCUT2D eigenvalue weighted by Crippen LogP contribution is -2.48. The Labute approximate surface area is 152 Å². The highest BCUT2D eigenvalue weighted by Gasteiger charge is 2.44. The zero-order chi connectivity index (χ0) is 18.0. The summed E-state index contributed by atoms with van der Waals surface area (Å²) >= 11 is 0. The van der Waals surface area contributed by atoms with Crippen LogP contribution < -0.4 is 4.90 Å². The van der Waals surface area contributed by atoms with Crippen molar-refractivity contribution in [2.45, 2.75) is 44.5 Å². The van der Waals surface area contributed by atoms with Crippen LogP contribution >= 0.6 is 0 Å². The molecule has 2 atom stereocenters. The topological polar surface area (TPSA) is 60.4 Å². The molecule has 0 bridgehead atoms. The van der Waals surface area contributed by atoms with Gasteiger partial charge < -0.3 is 14.4 Å². The molecule has 2 saturated heterocycles. The van der Waals surface area contributed by atoms with Crippen molar-refractivity contribution in [1.82, 2.24) is 15.0 Å². The van der Waals surface area contributed by atoms with Gasteiger partial charge in [0.15, 0.2) is 5.82 Å². The van der Waals surface area contributed by atoms with Crippen LogP contribution in [-0.2, 0) is 16.1 Å². The summed E-state index contributed by atoms with van der Waals surface area (Å²) in [6.45, 7) is 4.63. The first kappa shape index (κ1) is 17.3. The third kappa shape index (κ3) is 3.83. The van der Waals surface area contributed by atoms with Gasteiger partial charge in [-0.2, -0.15) is 0 Å². The first-order chi connectivity index (χ1) is 12.6. The summed E-state index contributed by atoms with van der Waals surface area (Å²) in [6, 6.07) is 5.95. The average molecular weight is 358 g/mol. The number of aryl methyl sites for hydroxylation is 1. The molecule has 4 heterocycles. The lowest BCUT2D eigenvalue weighted by Gasteiger charge is -2.39. The van der Waals surface area contributed by atoms with Gasteiger partial charge in [-0.25, -0.2) is 14.4 Å². The zero-order valence-electron chi connectivity index (χ0n) is 14.9. The van der Waals surface area contributed by atoms with Gasteiger partial charge in [-0.05, 0) is 31.9 Å². The van der Waals surface area contributed by atoms with Crippen LogP contribution in [0, 0.1) is 12.7 Å². The van der Waals surface area contributed by atoms with Crippen molar-refractivity contribution < 1.29 is 13.9 Å². The molecule has 7 heteroatoms. The van der Waals surface area contributed by atoms with E-state index in [2.05, 4.69) is 19.9 Å². The molecular formula is C19H23FN4O2. The normalized spacial score (nSPS) is 25.8. The van der Waals surface area contributed by atoms with Crippen LogP contribution in [0.3, 0.4) is 0 Å². The molecular weight excluding hydrogens is 335 g/mol. The third-order valence-corrected chi connectivity index (χ3v) is 5.02. The molecule has 0 aliphatic carbocycles. The fraction of sp³-hybridized carbons (Fsp3) is 0.526. The molecule has 26 heavy (non-hydrogen) atoms. The van der Waals surface area contributed by atoms with Crippen molar-refractivity contribution in [3.8, 4) is 0 Å². The molecule has 0 aromatic carbocycles. The standard InChI is InChI=1S/C19H23FN4O2/c1-14-4-2-5-16(23-14)11-25-17-8-19(26-12-17)6-3-7-24(13-19)18-21-9-15(20)10-22-18/h2,4-5,9-10,17H,3,6-8,11-13H2,1H3/t17-,19+/m1/s1. The SMILES string of the molecule is Cc1cccc(CO[C@H]2CO[C@@]3(CCCN(c4ncc(F)cn4)C3)C2)n1. The van der Waals surface area contributed by atoms with Crippen LogP contribution in [-0.4, -0.2) is 46.4 Å². The fourth-order valence-electron chi connectivity index (χ4n) is 3.81. The quantitative estimate of drug-likeness (QED) is 0.837. The van der Waals surface area contributed by atoms with Gasteiger partial charge in [-0.15, -0.1) is 0 Å². The smallest absolute Gasteiger partial charge is 0.225 e. The number of piperidine rings is 1. The molecule has 0 unspecified atom stereocenters. The van der Waals surface area contributed by atoms with Crippen molar-refractivity contribution >= 4 is 5.95 Å². The Morgan fingerprint density at radius 2 is 2.19 bits per heavy atom. The van der Waals surface area contributed by atoms with Crippen LogP contribution in [0.2, 0.25) is 0 Å². The summed E-state index contributed by atoms with van der Waals surface area (Å²) in [5, 5.41) is 0. The Hall–Kier alpha value is -2.12. The second kappa shape index (κ2) is 7.25. The first-order valence-corrected chi connectivity index (χ1v) is 9.03. The van der Waals surface area contributed by atoms with Crippen molar-refractivity contribution in [2.75, 3.05) is 24.6 Å². The van der Waals surface area contributed by atoms with Gasteiger partial charge in [0.1, 0.15) is 0 Å². The van der Waals surface area contributed by atoms with Gasteiger partial charge in [-0.1, -0.05) is 6.07 Å². The van der Waals surface area contributed by atoms with E-state index in [1.807, 2.05) is 25.1 Å². The lowest BCUT2D eigenvalue weighted by atomic mass is 9.89. The highest BCUT2D eigenvalue weighted by Crippen LogP contribution is 2.36. The summed E-state index contributed by atoms with van der Waals surface area (Å²) in [5.41, 5.74) is 1.70. The molecule has 1 spiro atoms. The Kier molecular flexibility index (Phi) is 4.82. The average Bonchev–Trinajstić information content (AvgIpc) is 3.03. The maximum atomic E-state index is 13.1. The molecule has 0 amide bonds. The van der Waals surface area contributed by atoms with Crippen molar-refractivity contribution in [2.24, 2.45) is 0 Å². The van der Waals surface area contributed by atoms with Gasteiger partial charge in [0.25, 0.3) is 0 Å². The molecule has 4 rings (SSSR count). The lowest BCUT2D eigenvalue weighted by molar-refractivity contribution is -0.0140. The number of pyridine rings is 1. The van der Waals surface area contributed by atoms with Crippen LogP contribution in [0.1, 0.15) is 30.7 Å². The Morgan fingerprint density at radius 1 is 1.35 bits per heavy atom. The minimum Gasteiger partial charge on any atom is -0.370 e. The Morgan fingerprint density at radius 3 is 3.00 bits per heavy atom. The monoisotopic (exact) mass is 358 g/mol. The minimum absolute atomic E-state index is 0.0615. The van der Waals surface area contributed by atoms with E-state index in [0.717, 1.165) is 37.2 Å². The van der Waals surface area contributed by atoms with E-state index in [-0.39, 0.29) is 11.7 Å². The van der Waals surface area contributed by atoms with Gasteiger partial charge in [0.2, 0.25) is 5.95 Å². The molecule has 138 valence electrons. The number of aromatic nitrogens is 3. The second-order valence-corrected chi connectivity index (χ2v) is 7.13. The van der Waals surface area contributed by atoms with Crippen LogP contribution in [0.25, 0.3) is 0 Å². The molecule has 6 nitrogen and oxygen atoms in total. The minimum atomic E-state index is -0.421. The molecule has 2 fully saturated rings. The van der Waals surface area contributed by atoms with Gasteiger partial charge in [0, 0.05) is 25.2 Å². The maximum Gasteiger partial charge on any atom is 0.225 e. The molecule has 0 N–H and O–H groups in total. The highest BCUT2D eigenvalue weighted by atomic mass is 19.1. The number of hydrogen-bond acceptors (Lipinski definition) is 6. The summed E-state index contributed by atoms with van der Waals surface area (Å²) in [4.78, 5) is 14.8. The van der Waals surface area contributed by atoms with E-state index in [1.54, 1.807) is 0 Å². The van der Waals surface area contributed by atoms with Gasteiger partial charge >= 0.3 is 0 Å². The van der Waals surface area contributed by atoms with E-state index in [0.29, 0.717) is 25.7 Å². The molecule has 2 aromatic rings. The van der Waals surface area contributed by atoms with Crippen molar-refractivity contribution in [3.05, 3.63) is 47.8 Å². The third-order valence-electron chi connectivity index (χ3n) is 5.02. The predicted octanol–water partition coefficient (Wildman–Crippen LogP) is 2.66. The zero-order valence-corrected chi connectivity index (χ0v) is 14.9. The summed E-state index contributed by atoms with van der Waals surface area (Å²) in [5.74, 6) is 0.137. The number of nitrogens with zero attached hydrogens (tertiary/aromatic N) is 4.